The fraction of sp³-hybridized carbons (Fsp3) is 0.562. The Morgan fingerprint density at radius 3 is 2.00 bits per heavy atom. The van der Waals surface area contributed by atoms with Crippen molar-refractivity contribution >= 4 is 14.3 Å². The molecule has 21 heavy (non-hydrogen) atoms. The molecule has 0 aliphatic rings. The van der Waals surface area contributed by atoms with E-state index in [0.29, 0.717) is 13.2 Å². The molecule has 118 valence electrons. The van der Waals surface area contributed by atoms with Crippen molar-refractivity contribution in [3.63, 3.8) is 0 Å². The summed E-state index contributed by atoms with van der Waals surface area (Å²) in [6.07, 6.45) is 0. The van der Waals surface area contributed by atoms with E-state index >= 15 is 0 Å². The van der Waals surface area contributed by atoms with E-state index in [1.54, 1.807) is 0 Å². The third-order valence-corrected chi connectivity index (χ3v) is 8.40. The van der Waals surface area contributed by atoms with Gasteiger partial charge in [-0.15, -0.1) is 0 Å². The Kier molecular flexibility index (Phi) is 6.13. The maximum atomic E-state index is 10.4. The summed E-state index contributed by atoms with van der Waals surface area (Å²) in [5, 5.41) is 8.72. The van der Waals surface area contributed by atoms with Crippen molar-refractivity contribution in [2.45, 2.75) is 52.1 Å². The Morgan fingerprint density at radius 1 is 1.10 bits per heavy atom. The fourth-order valence-corrected chi connectivity index (χ4v) is 2.43. The van der Waals surface area contributed by atoms with Gasteiger partial charge in [0.25, 0.3) is 0 Å². The highest BCUT2D eigenvalue weighted by Crippen LogP contribution is 2.37. The molecule has 0 atom stereocenters. The molecule has 0 unspecified atom stereocenters. The van der Waals surface area contributed by atoms with E-state index in [1.165, 1.54) is 0 Å². The number of carbonyl (C=O) groups is 1. The quantitative estimate of drug-likeness (QED) is 0.778. The van der Waals surface area contributed by atoms with E-state index in [4.69, 9.17) is 14.3 Å². The van der Waals surface area contributed by atoms with E-state index < -0.39 is 14.3 Å². The van der Waals surface area contributed by atoms with Crippen LogP contribution in [0.25, 0.3) is 0 Å². The molecule has 0 saturated heterocycles. The molecule has 0 heterocycles. The minimum atomic E-state index is -1.72. The molecule has 1 rings (SSSR count). The predicted octanol–water partition coefficient (Wildman–Crippen LogP) is 3.81. The van der Waals surface area contributed by atoms with Crippen LogP contribution in [0, 0.1) is 0 Å². The third kappa shape index (κ3) is 5.99. The second-order valence-electron chi connectivity index (χ2n) is 6.75. The zero-order valence-corrected chi connectivity index (χ0v) is 14.6. The number of hydrogen-bond acceptors (Lipinski definition) is 3. The lowest BCUT2D eigenvalue weighted by Gasteiger charge is -2.36. The van der Waals surface area contributed by atoms with Crippen LogP contribution in [0.15, 0.2) is 24.3 Å². The molecule has 1 aromatic rings. The molecule has 0 aliphatic heterocycles. The maximum absolute atomic E-state index is 10.4. The molecule has 5 heteroatoms. The summed E-state index contributed by atoms with van der Waals surface area (Å²) in [6, 6.07) is 7.91. The number of aliphatic carboxylic acids is 1. The normalized spacial score (nSPS) is 12.4. The van der Waals surface area contributed by atoms with Gasteiger partial charge in [-0.3, -0.25) is 0 Å². The van der Waals surface area contributed by atoms with Gasteiger partial charge >= 0.3 is 5.97 Å². The topological polar surface area (TPSA) is 55.8 Å². The molecule has 0 fully saturated rings. The first-order valence-electron chi connectivity index (χ1n) is 7.13. The molecule has 0 aliphatic carbocycles. The van der Waals surface area contributed by atoms with Crippen molar-refractivity contribution in [3.8, 4) is 0 Å². The molecule has 0 radical (unpaired) electrons. The monoisotopic (exact) mass is 310 g/mol. The van der Waals surface area contributed by atoms with Gasteiger partial charge in [-0.2, -0.15) is 0 Å². The van der Waals surface area contributed by atoms with Crippen LogP contribution in [0.4, 0.5) is 0 Å². The molecule has 0 aromatic heterocycles. The Balaban J connectivity index is 2.50. The number of rotatable bonds is 7. The van der Waals surface area contributed by atoms with E-state index in [2.05, 4.69) is 33.9 Å². The van der Waals surface area contributed by atoms with Crippen LogP contribution in [0.2, 0.25) is 18.1 Å². The minimum absolute atomic E-state index is 0.206. The molecule has 4 nitrogen and oxygen atoms in total. The molecule has 0 bridgehead atoms. The number of carboxylic acids is 1. The molecule has 0 amide bonds. The first-order chi connectivity index (χ1) is 9.62. The first-order valence-corrected chi connectivity index (χ1v) is 10.0. The van der Waals surface area contributed by atoms with Crippen LogP contribution in [0.5, 0.6) is 0 Å². The third-order valence-electron chi connectivity index (χ3n) is 3.92. The highest BCUT2D eigenvalue weighted by atomic mass is 28.4. The molecular weight excluding hydrogens is 284 g/mol. The average Bonchev–Trinajstić information content (AvgIpc) is 2.36. The van der Waals surface area contributed by atoms with E-state index in [1.807, 2.05) is 24.3 Å². The summed E-state index contributed by atoms with van der Waals surface area (Å²) >= 11 is 0. The Labute approximate surface area is 128 Å². The van der Waals surface area contributed by atoms with E-state index in [-0.39, 0.29) is 11.6 Å². The lowest BCUT2D eigenvalue weighted by molar-refractivity contribution is -0.142. The number of ether oxygens (including phenoxy) is 1. The largest absolute Gasteiger partial charge is 0.480 e. The van der Waals surface area contributed by atoms with Crippen molar-refractivity contribution in [3.05, 3.63) is 35.4 Å². The highest BCUT2D eigenvalue weighted by molar-refractivity contribution is 6.74. The van der Waals surface area contributed by atoms with Gasteiger partial charge < -0.3 is 14.3 Å². The van der Waals surface area contributed by atoms with Gasteiger partial charge in [0.2, 0.25) is 0 Å². The van der Waals surface area contributed by atoms with Gasteiger partial charge in [0.15, 0.2) is 8.32 Å². The number of benzene rings is 1. The summed E-state index contributed by atoms with van der Waals surface area (Å²) in [7, 11) is -1.72. The van der Waals surface area contributed by atoms with Crippen molar-refractivity contribution in [2.75, 3.05) is 6.61 Å². The fourth-order valence-electron chi connectivity index (χ4n) is 1.47. The van der Waals surface area contributed by atoms with Gasteiger partial charge in [0.1, 0.15) is 6.61 Å². The second kappa shape index (κ2) is 7.20. The summed E-state index contributed by atoms with van der Waals surface area (Å²) in [4.78, 5) is 10.4. The maximum Gasteiger partial charge on any atom is 0.329 e. The molecule has 0 saturated carbocycles. The van der Waals surface area contributed by atoms with Gasteiger partial charge in [0.05, 0.1) is 13.2 Å². The zero-order valence-electron chi connectivity index (χ0n) is 13.6. The summed E-state index contributed by atoms with van der Waals surface area (Å²) in [5.41, 5.74) is 2.09. The van der Waals surface area contributed by atoms with Crippen molar-refractivity contribution in [1.82, 2.24) is 0 Å². The van der Waals surface area contributed by atoms with Gasteiger partial charge in [-0.05, 0) is 29.3 Å². The summed E-state index contributed by atoms with van der Waals surface area (Å²) in [5.74, 6) is -0.950. The molecular formula is C16H26O4Si. The standard InChI is InChI=1S/C16H26O4Si/c1-16(2,3)21(4,5)20-11-14-8-6-13(7-9-14)10-19-12-15(17)18/h6-9H,10-12H2,1-5H3,(H,17,18). The molecule has 0 spiro atoms. The SMILES string of the molecule is CC(C)(C)[Si](C)(C)OCc1ccc(COCC(=O)O)cc1. The molecule has 1 aromatic carbocycles. The number of hydrogen-bond donors (Lipinski definition) is 1. The van der Waals surface area contributed by atoms with Crippen LogP contribution in [-0.4, -0.2) is 26.0 Å². The Morgan fingerprint density at radius 2 is 1.57 bits per heavy atom. The van der Waals surface area contributed by atoms with E-state index in [0.717, 1.165) is 11.1 Å². The molecule has 1 N–H and O–H groups in total. The smallest absolute Gasteiger partial charge is 0.329 e. The van der Waals surface area contributed by atoms with Crippen LogP contribution in [0.1, 0.15) is 31.9 Å². The van der Waals surface area contributed by atoms with Crippen LogP contribution < -0.4 is 0 Å². The highest BCUT2D eigenvalue weighted by Gasteiger charge is 2.36. The second-order valence-corrected chi connectivity index (χ2v) is 11.6. The van der Waals surface area contributed by atoms with Gasteiger partial charge in [0, 0.05) is 0 Å². The van der Waals surface area contributed by atoms with E-state index in [9.17, 15) is 4.79 Å². The Bertz CT molecular complexity index is 460. The lowest BCUT2D eigenvalue weighted by Crippen LogP contribution is -2.40. The Hall–Kier alpha value is -1.17. The summed E-state index contributed by atoms with van der Waals surface area (Å²) in [6.45, 7) is 11.8. The van der Waals surface area contributed by atoms with Crippen molar-refractivity contribution in [1.29, 1.82) is 0 Å². The first kappa shape index (κ1) is 17.9. The lowest BCUT2D eigenvalue weighted by atomic mass is 10.1. The van der Waals surface area contributed by atoms with Gasteiger partial charge in [-0.25, -0.2) is 4.79 Å². The minimum Gasteiger partial charge on any atom is -0.480 e. The van der Waals surface area contributed by atoms with Gasteiger partial charge in [-0.1, -0.05) is 45.0 Å². The number of carboxylic acid groups (broad SMARTS) is 1. The predicted molar refractivity (Wildman–Crippen MR) is 85.7 cm³/mol. The summed E-state index contributed by atoms with van der Waals surface area (Å²) < 4.78 is 11.2. The van der Waals surface area contributed by atoms with Crippen LogP contribution >= 0.6 is 0 Å². The average molecular weight is 310 g/mol. The van der Waals surface area contributed by atoms with Crippen molar-refractivity contribution in [2.24, 2.45) is 0 Å². The zero-order chi connectivity index (χ0) is 16.1. The van der Waals surface area contributed by atoms with Crippen molar-refractivity contribution < 1.29 is 19.1 Å². The van der Waals surface area contributed by atoms with Crippen LogP contribution in [-0.2, 0) is 27.2 Å². The van der Waals surface area contributed by atoms with Crippen LogP contribution in [0.3, 0.4) is 0 Å².